The van der Waals surface area contributed by atoms with Crippen molar-refractivity contribution in [3.05, 3.63) is 0 Å². The summed E-state index contributed by atoms with van der Waals surface area (Å²) >= 11 is 0. The van der Waals surface area contributed by atoms with Crippen LogP contribution in [0.15, 0.2) is 0 Å². The monoisotopic (exact) mass is 198 g/mol. The van der Waals surface area contributed by atoms with Gasteiger partial charge in [0.15, 0.2) is 0 Å². The molecule has 0 saturated carbocycles. The Morgan fingerprint density at radius 2 is 2.07 bits per heavy atom. The highest BCUT2D eigenvalue weighted by atomic mass is 16.2. The van der Waals surface area contributed by atoms with E-state index in [0.717, 1.165) is 32.4 Å². The number of nitrogens with two attached hydrogens (primary N) is 1. The minimum Gasteiger partial charge on any atom is -0.388 e. The smallest absolute Gasteiger partial charge is 0.317 e. The summed E-state index contributed by atoms with van der Waals surface area (Å²) in [5.41, 5.74) is 5.19. The van der Waals surface area contributed by atoms with Crippen LogP contribution in [0.25, 0.3) is 0 Å². The van der Waals surface area contributed by atoms with Gasteiger partial charge >= 0.3 is 6.03 Å². The van der Waals surface area contributed by atoms with E-state index in [2.05, 4.69) is 5.32 Å². The number of nitrogens with one attached hydrogen (secondary N) is 2. The van der Waals surface area contributed by atoms with Gasteiger partial charge in [-0.3, -0.25) is 5.41 Å². The van der Waals surface area contributed by atoms with Crippen molar-refractivity contribution in [1.29, 1.82) is 5.41 Å². The first-order chi connectivity index (χ1) is 6.70. The van der Waals surface area contributed by atoms with Gasteiger partial charge in [0.05, 0.1) is 5.84 Å². The van der Waals surface area contributed by atoms with Crippen molar-refractivity contribution >= 4 is 11.9 Å². The molecule has 4 N–H and O–H groups in total. The van der Waals surface area contributed by atoms with E-state index in [4.69, 9.17) is 11.1 Å². The first-order valence-electron chi connectivity index (χ1n) is 5.06. The third kappa shape index (κ3) is 3.64. The Morgan fingerprint density at radius 1 is 1.43 bits per heavy atom. The van der Waals surface area contributed by atoms with Gasteiger partial charge in [-0.25, -0.2) is 4.79 Å². The third-order valence-electron chi connectivity index (χ3n) is 2.29. The van der Waals surface area contributed by atoms with Crippen LogP contribution in [0.5, 0.6) is 0 Å². The van der Waals surface area contributed by atoms with E-state index in [1.165, 1.54) is 0 Å². The van der Waals surface area contributed by atoms with Crippen molar-refractivity contribution in [1.82, 2.24) is 10.2 Å². The fraction of sp³-hybridized carbons (Fsp3) is 0.778. The molecule has 0 aromatic carbocycles. The van der Waals surface area contributed by atoms with E-state index >= 15 is 0 Å². The molecular formula is C9H18N4O. The molecule has 1 fully saturated rings. The lowest BCUT2D eigenvalue weighted by atomic mass is 10.3. The molecule has 5 nitrogen and oxygen atoms in total. The number of carbonyl (C=O) groups is 1. The van der Waals surface area contributed by atoms with Crippen LogP contribution >= 0.6 is 0 Å². The van der Waals surface area contributed by atoms with Crippen LogP contribution in [-0.4, -0.2) is 36.4 Å². The maximum atomic E-state index is 11.4. The summed E-state index contributed by atoms with van der Waals surface area (Å²) in [5.74, 6) is 0.181. The Morgan fingerprint density at radius 3 is 2.64 bits per heavy atom. The second-order valence-corrected chi connectivity index (χ2v) is 3.55. The number of nitrogens with zero attached hydrogens (tertiary/aromatic N) is 1. The van der Waals surface area contributed by atoms with Crippen LogP contribution in [0.2, 0.25) is 0 Å². The average Bonchev–Trinajstić information content (AvgIpc) is 2.64. The fourth-order valence-corrected chi connectivity index (χ4v) is 1.51. The number of likely N-dealkylation sites (tertiary alicyclic amines) is 1. The zero-order valence-corrected chi connectivity index (χ0v) is 8.38. The molecule has 1 aliphatic heterocycles. The van der Waals surface area contributed by atoms with E-state index in [9.17, 15) is 4.79 Å². The highest BCUT2D eigenvalue weighted by Gasteiger charge is 2.16. The minimum absolute atomic E-state index is 0.0195. The molecule has 1 saturated heterocycles. The molecule has 1 heterocycles. The Kier molecular flexibility index (Phi) is 4.22. The Labute approximate surface area is 84.1 Å². The molecule has 0 aromatic heterocycles. The summed E-state index contributed by atoms with van der Waals surface area (Å²) in [7, 11) is 0. The molecular weight excluding hydrogens is 180 g/mol. The van der Waals surface area contributed by atoms with Gasteiger partial charge in [0.25, 0.3) is 0 Å². The van der Waals surface area contributed by atoms with Crippen LogP contribution in [0.4, 0.5) is 4.79 Å². The van der Waals surface area contributed by atoms with Crippen molar-refractivity contribution in [2.75, 3.05) is 19.6 Å². The molecule has 0 bridgehead atoms. The van der Waals surface area contributed by atoms with Crippen LogP contribution in [-0.2, 0) is 0 Å². The predicted octanol–water partition coefficient (Wildman–Crippen LogP) is 0.508. The van der Waals surface area contributed by atoms with Crippen molar-refractivity contribution in [3.8, 4) is 0 Å². The van der Waals surface area contributed by atoms with E-state index in [0.29, 0.717) is 13.0 Å². The number of amides is 2. The second kappa shape index (κ2) is 5.47. The highest BCUT2D eigenvalue weighted by Crippen LogP contribution is 2.06. The summed E-state index contributed by atoms with van der Waals surface area (Å²) in [5, 5.41) is 9.82. The quantitative estimate of drug-likeness (QED) is 0.349. The van der Waals surface area contributed by atoms with Gasteiger partial charge in [-0.15, -0.1) is 0 Å². The van der Waals surface area contributed by atoms with Crippen molar-refractivity contribution in [2.45, 2.75) is 25.7 Å². The second-order valence-electron chi connectivity index (χ2n) is 3.55. The SMILES string of the molecule is N=C(N)CCCNC(=O)N1CCCC1. The summed E-state index contributed by atoms with van der Waals surface area (Å²) < 4.78 is 0. The van der Waals surface area contributed by atoms with Crippen LogP contribution < -0.4 is 11.1 Å². The lowest BCUT2D eigenvalue weighted by Crippen LogP contribution is -2.38. The lowest BCUT2D eigenvalue weighted by molar-refractivity contribution is 0.209. The topological polar surface area (TPSA) is 82.2 Å². The van der Waals surface area contributed by atoms with E-state index in [1.54, 1.807) is 0 Å². The Bertz CT molecular complexity index is 211. The van der Waals surface area contributed by atoms with Crippen LogP contribution in [0, 0.1) is 5.41 Å². The Balaban J connectivity index is 2.05. The van der Waals surface area contributed by atoms with Crippen LogP contribution in [0.1, 0.15) is 25.7 Å². The molecule has 0 aliphatic carbocycles. The number of rotatable bonds is 4. The lowest BCUT2D eigenvalue weighted by Gasteiger charge is -2.15. The summed E-state index contributed by atoms with van der Waals surface area (Å²) in [6, 6.07) is 0.0195. The van der Waals surface area contributed by atoms with Gasteiger partial charge in [-0.2, -0.15) is 0 Å². The molecule has 80 valence electrons. The van der Waals surface area contributed by atoms with Gasteiger partial charge in [0.2, 0.25) is 0 Å². The maximum Gasteiger partial charge on any atom is 0.317 e. The molecule has 0 atom stereocenters. The number of amidine groups is 1. The van der Waals surface area contributed by atoms with Gasteiger partial charge in [0, 0.05) is 26.1 Å². The molecule has 0 aromatic rings. The summed E-state index contributed by atoms with van der Waals surface area (Å²) in [6.45, 7) is 2.35. The molecule has 5 heteroatoms. The third-order valence-corrected chi connectivity index (χ3v) is 2.29. The fourth-order valence-electron chi connectivity index (χ4n) is 1.51. The normalized spacial score (nSPS) is 15.6. The van der Waals surface area contributed by atoms with E-state index in [1.807, 2.05) is 4.90 Å². The van der Waals surface area contributed by atoms with E-state index < -0.39 is 0 Å². The standard InChI is InChI=1S/C9H18N4O/c10-8(11)4-3-5-12-9(14)13-6-1-2-7-13/h1-7H2,(H3,10,11)(H,12,14). The number of carbonyl (C=O) groups excluding carboxylic acids is 1. The van der Waals surface area contributed by atoms with Crippen molar-refractivity contribution < 1.29 is 4.79 Å². The first kappa shape index (κ1) is 10.8. The van der Waals surface area contributed by atoms with Gasteiger partial charge in [-0.1, -0.05) is 0 Å². The van der Waals surface area contributed by atoms with Crippen LogP contribution in [0.3, 0.4) is 0 Å². The zero-order valence-electron chi connectivity index (χ0n) is 8.38. The molecule has 14 heavy (non-hydrogen) atoms. The number of hydrogen-bond acceptors (Lipinski definition) is 2. The predicted molar refractivity (Wildman–Crippen MR) is 55.4 cm³/mol. The number of hydrogen-bond donors (Lipinski definition) is 3. The summed E-state index contributed by atoms with van der Waals surface area (Å²) in [4.78, 5) is 13.2. The van der Waals surface area contributed by atoms with E-state index in [-0.39, 0.29) is 11.9 Å². The van der Waals surface area contributed by atoms with Gasteiger partial charge in [0.1, 0.15) is 0 Å². The molecule has 2 amide bonds. The minimum atomic E-state index is 0.0195. The molecule has 0 spiro atoms. The molecule has 1 rings (SSSR count). The molecule has 0 radical (unpaired) electrons. The largest absolute Gasteiger partial charge is 0.388 e. The number of urea groups is 1. The average molecular weight is 198 g/mol. The maximum absolute atomic E-state index is 11.4. The zero-order chi connectivity index (χ0) is 10.4. The molecule has 0 unspecified atom stereocenters. The first-order valence-corrected chi connectivity index (χ1v) is 5.06. The Hall–Kier alpha value is -1.26. The van der Waals surface area contributed by atoms with Crippen molar-refractivity contribution in [2.24, 2.45) is 5.73 Å². The van der Waals surface area contributed by atoms with Crippen molar-refractivity contribution in [3.63, 3.8) is 0 Å². The van der Waals surface area contributed by atoms with Gasteiger partial charge < -0.3 is 16.0 Å². The molecule has 1 aliphatic rings. The highest BCUT2D eigenvalue weighted by molar-refractivity contribution is 5.77. The summed E-state index contributed by atoms with van der Waals surface area (Å²) in [6.07, 6.45) is 3.52. The van der Waals surface area contributed by atoms with Gasteiger partial charge in [-0.05, 0) is 19.3 Å².